The van der Waals surface area contributed by atoms with Gasteiger partial charge in [-0.1, -0.05) is 6.92 Å². The Hall–Kier alpha value is -1.78. The van der Waals surface area contributed by atoms with Crippen molar-refractivity contribution in [1.29, 1.82) is 0 Å². The number of carbonyl (C=O) groups excluding carboxylic acids is 2. The van der Waals surface area contributed by atoms with Crippen molar-refractivity contribution in [3.63, 3.8) is 0 Å². The van der Waals surface area contributed by atoms with E-state index in [2.05, 4.69) is 0 Å². The van der Waals surface area contributed by atoms with Crippen molar-refractivity contribution in [1.82, 2.24) is 0 Å². The van der Waals surface area contributed by atoms with Gasteiger partial charge in [0.05, 0.1) is 13.0 Å². The summed E-state index contributed by atoms with van der Waals surface area (Å²) in [5.41, 5.74) is 0.0530. The molecule has 0 aliphatic heterocycles. The van der Waals surface area contributed by atoms with Gasteiger partial charge in [0.1, 0.15) is 0 Å². The molecule has 0 aliphatic carbocycles. The summed E-state index contributed by atoms with van der Waals surface area (Å²) in [5.74, 6) is -2.96. The third-order valence-corrected chi connectivity index (χ3v) is 2.26. The van der Waals surface area contributed by atoms with E-state index in [4.69, 9.17) is 4.74 Å². The predicted molar refractivity (Wildman–Crippen MR) is 61.2 cm³/mol. The highest BCUT2D eigenvalue weighted by molar-refractivity contribution is 5.97. The van der Waals surface area contributed by atoms with Crippen molar-refractivity contribution in [2.45, 2.75) is 26.2 Å². The maximum atomic E-state index is 12.9. The Morgan fingerprint density at radius 3 is 2.50 bits per heavy atom. The van der Waals surface area contributed by atoms with E-state index in [1.54, 1.807) is 0 Å². The Kier molecular flexibility index (Phi) is 5.42. The van der Waals surface area contributed by atoms with Gasteiger partial charge in [-0.15, -0.1) is 0 Å². The first-order valence-corrected chi connectivity index (χ1v) is 5.68. The van der Waals surface area contributed by atoms with E-state index in [9.17, 15) is 18.4 Å². The van der Waals surface area contributed by atoms with Crippen LogP contribution in [0.3, 0.4) is 0 Å². The van der Waals surface area contributed by atoms with Crippen molar-refractivity contribution >= 4 is 11.8 Å². The Balaban J connectivity index is 2.50. The highest BCUT2D eigenvalue weighted by Gasteiger charge is 2.12. The van der Waals surface area contributed by atoms with Gasteiger partial charge in [-0.05, 0) is 24.6 Å². The van der Waals surface area contributed by atoms with Gasteiger partial charge in [-0.25, -0.2) is 8.78 Å². The molecule has 0 amide bonds. The van der Waals surface area contributed by atoms with Crippen LogP contribution in [0.2, 0.25) is 0 Å². The number of esters is 1. The van der Waals surface area contributed by atoms with Crippen LogP contribution in [-0.2, 0) is 9.53 Å². The van der Waals surface area contributed by atoms with Crippen LogP contribution in [-0.4, -0.2) is 18.4 Å². The normalized spacial score (nSPS) is 10.2. The molecule has 0 fully saturated rings. The van der Waals surface area contributed by atoms with E-state index in [0.29, 0.717) is 13.0 Å². The monoisotopic (exact) mass is 256 g/mol. The Labute approximate surface area is 104 Å². The number of hydrogen-bond donors (Lipinski definition) is 0. The van der Waals surface area contributed by atoms with E-state index in [0.717, 1.165) is 12.1 Å². The number of ether oxygens (including phenoxy) is 1. The van der Waals surface area contributed by atoms with Gasteiger partial charge in [-0.2, -0.15) is 0 Å². The first-order chi connectivity index (χ1) is 8.54. The molecule has 1 aromatic rings. The highest BCUT2D eigenvalue weighted by Crippen LogP contribution is 2.11. The zero-order chi connectivity index (χ0) is 13.5. The van der Waals surface area contributed by atoms with Crippen molar-refractivity contribution < 1.29 is 23.1 Å². The summed E-state index contributed by atoms with van der Waals surface area (Å²) in [6.07, 6.45) is 0.578. The van der Waals surface area contributed by atoms with Gasteiger partial charge in [0, 0.05) is 12.0 Å². The van der Waals surface area contributed by atoms with Gasteiger partial charge >= 0.3 is 5.97 Å². The van der Waals surface area contributed by atoms with Crippen LogP contribution in [0.5, 0.6) is 0 Å². The van der Waals surface area contributed by atoms with Crippen LogP contribution < -0.4 is 0 Å². The van der Waals surface area contributed by atoms with Gasteiger partial charge in [0.25, 0.3) is 0 Å². The van der Waals surface area contributed by atoms with E-state index in [-0.39, 0.29) is 18.4 Å². The molecule has 0 N–H and O–H groups in total. The Morgan fingerprint density at radius 2 is 1.89 bits per heavy atom. The summed E-state index contributed by atoms with van der Waals surface area (Å²) in [6, 6.07) is 2.91. The molecule has 0 saturated carbocycles. The minimum Gasteiger partial charge on any atom is -0.466 e. The molecule has 0 spiro atoms. The number of Topliss-reactive ketones (excluding diaryl/α,β-unsaturated/α-hetero) is 1. The van der Waals surface area contributed by atoms with Gasteiger partial charge in [0.2, 0.25) is 0 Å². The smallest absolute Gasteiger partial charge is 0.306 e. The summed E-state index contributed by atoms with van der Waals surface area (Å²) in [7, 11) is 0. The summed E-state index contributed by atoms with van der Waals surface area (Å²) < 4.78 is 30.3. The Morgan fingerprint density at radius 1 is 1.17 bits per heavy atom. The zero-order valence-electron chi connectivity index (χ0n) is 10.0. The largest absolute Gasteiger partial charge is 0.466 e. The molecule has 1 aromatic carbocycles. The van der Waals surface area contributed by atoms with E-state index in [1.807, 2.05) is 6.92 Å². The molecule has 0 atom stereocenters. The minimum atomic E-state index is -1.07. The molecule has 0 aliphatic rings. The molecule has 5 heteroatoms. The maximum absolute atomic E-state index is 12.9. The first kappa shape index (κ1) is 14.3. The number of rotatable bonds is 6. The highest BCUT2D eigenvalue weighted by atomic mass is 19.2. The lowest BCUT2D eigenvalue weighted by Crippen LogP contribution is -2.09. The standard InChI is InChI=1S/C13H14F2O3/c1-2-7-18-13(17)6-5-12(16)9-3-4-10(14)11(15)8-9/h3-4,8H,2,5-7H2,1H3. The molecule has 0 heterocycles. The van der Waals surface area contributed by atoms with E-state index in [1.165, 1.54) is 6.07 Å². The zero-order valence-corrected chi connectivity index (χ0v) is 10.0. The predicted octanol–water partition coefficient (Wildman–Crippen LogP) is 2.88. The lowest BCUT2D eigenvalue weighted by Gasteiger charge is -2.03. The summed E-state index contributed by atoms with van der Waals surface area (Å²) >= 11 is 0. The van der Waals surface area contributed by atoms with Gasteiger partial charge < -0.3 is 4.74 Å². The SMILES string of the molecule is CCCOC(=O)CCC(=O)c1ccc(F)c(F)c1. The molecular formula is C13H14F2O3. The lowest BCUT2D eigenvalue weighted by molar-refractivity contribution is -0.143. The summed E-state index contributed by atoms with van der Waals surface area (Å²) in [5, 5.41) is 0. The van der Waals surface area contributed by atoms with E-state index < -0.39 is 23.4 Å². The molecule has 3 nitrogen and oxygen atoms in total. The van der Waals surface area contributed by atoms with Crippen molar-refractivity contribution in [3.8, 4) is 0 Å². The second kappa shape index (κ2) is 6.83. The fourth-order valence-electron chi connectivity index (χ4n) is 1.32. The molecule has 1 rings (SSSR count). The number of hydrogen-bond acceptors (Lipinski definition) is 3. The number of halogens is 2. The lowest BCUT2D eigenvalue weighted by atomic mass is 10.1. The van der Waals surface area contributed by atoms with Crippen LogP contribution in [0.25, 0.3) is 0 Å². The molecule has 18 heavy (non-hydrogen) atoms. The molecule has 98 valence electrons. The quantitative estimate of drug-likeness (QED) is 0.580. The third kappa shape index (κ3) is 4.24. The average molecular weight is 256 g/mol. The molecule has 0 bridgehead atoms. The molecule has 0 aromatic heterocycles. The molecule has 0 radical (unpaired) electrons. The topological polar surface area (TPSA) is 43.4 Å². The van der Waals surface area contributed by atoms with Crippen molar-refractivity contribution in [3.05, 3.63) is 35.4 Å². The molecule has 0 unspecified atom stereocenters. The van der Waals surface area contributed by atoms with Gasteiger partial charge in [0.15, 0.2) is 17.4 Å². The molecular weight excluding hydrogens is 242 g/mol. The fraction of sp³-hybridized carbons (Fsp3) is 0.385. The maximum Gasteiger partial charge on any atom is 0.306 e. The summed E-state index contributed by atoms with van der Waals surface area (Å²) in [6.45, 7) is 2.18. The molecule has 0 saturated heterocycles. The van der Waals surface area contributed by atoms with E-state index >= 15 is 0 Å². The third-order valence-electron chi connectivity index (χ3n) is 2.26. The van der Waals surface area contributed by atoms with Crippen molar-refractivity contribution in [2.24, 2.45) is 0 Å². The van der Waals surface area contributed by atoms with Crippen LogP contribution in [0, 0.1) is 11.6 Å². The fourth-order valence-corrected chi connectivity index (χ4v) is 1.32. The van der Waals surface area contributed by atoms with Gasteiger partial charge in [-0.3, -0.25) is 9.59 Å². The minimum absolute atomic E-state index is 0.0530. The Bertz CT molecular complexity index is 444. The summed E-state index contributed by atoms with van der Waals surface area (Å²) in [4.78, 5) is 22.7. The number of benzene rings is 1. The second-order valence-electron chi connectivity index (χ2n) is 3.77. The number of carbonyl (C=O) groups is 2. The second-order valence-corrected chi connectivity index (χ2v) is 3.77. The van der Waals surface area contributed by atoms with Crippen LogP contribution >= 0.6 is 0 Å². The average Bonchev–Trinajstić information content (AvgIpc) is 2.36. The first-order valence-electron chi connectivity index (χ1n) is 5.68. The van der Waals surface area contributed by atoms with Crippen LogP contribution in [0.4, 0.5) is 8.78 Å². The van der Waals surface area contributed by atoms with Crippen LogP contribution in [0.15, 0.2) is 18.2 Å². The number of ketones is 1. The van der Waals surface area contributed by atoms with Crippen molar-refractivity contribution in [2.75, 3.05) is 6.61 Å². The van der Waals surface area contributed by atoms with Crippen LogP contribution in [0.1, 0.15) is 36.5 Å².